The van der Waals surface area contributed by atoms with Crippen LogP contribution in [0, 0.1) is 0 Å². The van der Waals surface area contributed by atoms with Gasteiger partial charge in [0.15, 0.2) is 5.65 Å². The highest BCUT2D eigenvalue weighted by Crippen LogP contribution is 2.22. The lowest BCUT2D eigenvalue weighted by Crippen LogP contribution is -2.43. The maximum Gasteiger partial charge on any atom is 0.178 e. The van der Waals surface area contributed by atoms with Crippen molar-refractivity contribution in [3.63, 3.8) is 0 Å². The minimum Gasteiger partial charge on any atom is -0.337 e. The van der Waals surface area contributed by atoms with E-state index in [0.717, 1.165) is 49.6 Å². The van der Waals surface area contributed by atoms with E-state index < -0.39 is 0 Å². The van der Waals surface area contributed by atoms with Crippen LogP contribution in [-0.4, -0.2) is 58.0 Å². The van der Waals surface area contributed by atoms with E-state index in [9.17, 15) is 0 Å². The van der Waals surface area contributed by atoms with Crippen LogP contribution in [0.5, 0.6) is 0 Å². The molecule has 3 aromatic rings. The van der Waals surface area contributed by atoms with Gasteiger partial charge in [0.2, 0.25) is 0 Å². The molecule has 4 rings (SSSR count). The summed E-state index contributed by atoms with van der Waals surface area (Å²) in [4.78, 5) is 16.9. The zero-order valence-electron chi connectivity index (χ0n) is 13.7. The lowest BCUT2D eigenvalue weighted by Gasteiger charge is -2.32. The number of hydrogen-bond acceptors (Lipinski definition) is 4. The van der Waals surface area contributed by atoms with Gasteiger partial charge >= 0.3 is 0 Å². The van der Waals surface area contributed by atoms with E-state index in [1.807, 2.05) is 6.07 Å². The molecule has 1 aliphatic heterocycles. The molecule has 0 unspecified atom stereocenters. The van der Waals surface area contributed by atoms with Gasteiger partial charge in [0, 0.05) is 44.5 Å². The molecule has 24 heavy (non-hydrogen) atoms. The molecule has 0 aliphatic carbocycles. The Balaban J connectivity index is 1.50. The second kappa shape index (κ2) is 6.51. The Kier molecular flexibility index (Phi) is 4.22. The number of imidazole rings is 1. The molecule has 1 N–H and O–H groups in total. The summed E-state index contributed by atoms with van der Waals surface area (Å²) in [6.45, 7) is 5.56. The fraction of sp³-hybridized carbons (Fsp3) is 0.333. The summed E-state index contributed by atoms with van der Waals surface area (Å²) in [6.07, 6.45) is 1.62. The van der Waals surface area contributed by atoms with E-state index in [1.54, 1.807) is 6.20 Å². The summed E-state index contributed by atoms with van der Waals surface area (Å²) in [5.41, 5.74) is 3.95. The Labute approximate surface area is 146 Å². The van der Waals surface area contributed by atoms with Crippen LogP contribution in [0.3, 0.4) is 0 Å². The summed E-state index contributed by atoms with van der Waals surface area (Å²) in [5, 5.41) is 0.611. The third-order valence-corrected chi connectivity index (χ3v) is 4.74. The average molecular weight is 342 g/mol. The minimum absolute atomic E-state index is 0.611. The van der Waals surface area contributed by atoms with Crippen LogP contribution in [0.25, 0.3) is 22.6 Å². The number of piperazine rings is 1. The molecule has 5 nitrogen and oxygen atoms in total. The van der Waals surface area contributed by atoms with Crippen molar-refractivity contribution in [2.75, 3.05) is 33.2 Å². The van der Waals surface area contributed by atoms with Crippen LogP contribution in [0.1, 0.15) is 5.56 Å². The van der Waals surface area contributed by atoms with Crippen molar-refractivity contribution in [2.45, 2.75) is 6.54 Å². The van der Waals surface area contributed by atoms with Gasteiger partial charge in [0.1, 0.15) is 5.82 Å². The third kappa shape index (κ3) is 3.29. The number of rotatable bonds is 3. The fourth-order valence-electron chi connectivity index (χ4n) is 3.04. The summed E-state index contributed by atoms with van der Waals surface area (Å²) in [6, 6.07) is 10.4. The van der Waals surface area contributed by atoms with Crippen molar-refractivity contribution < 1.29 is 0 Å². The van der Waals surface area contributed by atoms with Gasteiger partial charge in [0.25, 0.3) is 0 Å². The first-order valence-electron chi connectivity index (χ1n) is 8.19. The Morgan fingerprint density at radius 1 is 1.12 bits per heavy atom. The molecule has 0 amide bonds. The Morgan fingerprint density at radius 3 is 2.62 bits per heavy atom. The maximum absolute atomic E-state index is 5.98. The molecule has 0 atom stereocenters. The van der Waals surface area contributed by atoms with Gasteiger partial charge in [-0.25, -0.2) is 9.97 Å². The molecule has 1 aromatic carbocycles. The van der Waals surface area contributed by atoms with E-state index in [-0.39, 0.29) is 0 Å². The van der Waals surface area contributed by atoms with Crippen molar-refractivity contribution in [1.29, 1.82) is 0 Å². The van der Waals surface area contributed by atoms with Gasteiger partial charge in [-0.05, 0) is 18.7 Å². The molecule has 0 bridgehead atoms. The molecule has 6 heteroatoms. The SMILES string of the molecule is CN1CCN(Cc2ccc(-c3nc4ncc(Cl)cc4[nH]3)cc2)CC1. The standard InChI is InChI=1S/C18H20ClN5/c1-23-6-8-24(9-7-23)12-13-2-4-14(5-3-13)17-21-16-10-15(19)11-20-18(16)22-17/h2-5,10-11H,6-9,12H2,1H3,(H,20,21,22). The number of likely N-dealkylation sites (N-methyl/N-ethyl adjacent to an activating group) is 1. The first-order chi connectivity index (χ1) is 11.7. The largest absolute Gasteiger partial charge is 0.337 e. The third-order valence-electron chi connectivity index (χ3n) is 4.53. The number of aromatic nitrogens is 3. The summed E-state index contributed by atoms with van der Waals surface area (Å²) in [7, 11) is 2.18. The highest BCUT2D eigenvalue weighted by molar-refractivity contribution is 6.31. The number of halogens is 1. The van der Waals surface area contributed by atoms with Gasteiger partial charge in [-0.1, -0.05) is 35.9 Å². The van der Waals surface area contributed by atoms with Crippen LogP contribution in [0.4, 0.5) is 0 Å². The van der Waals surface area contributed by atoms with Crippen LogP contribution in [0.15, 0.2) is 36.5 Å². The molecule has 0 saturated carbocycles. The molecular weight excluding hydrogens is 322 g/mol. The van der Waals surface area contributed by atoms with Gasteiger partial charge < -0.3 is 9.88 Å². The predicted molar refractivity (Wildman–Crippen MR) is 97.1 cm³/mol. The van der Waals surface area contributed by atoms with Crippen molar-refractivity contribution in [3.8, 4) is 11.4 Å². The molecular formula is C18H20ClN5. The Hall–Kier alpha value is -1.95. The Bertz CT molecular complexity index is 834. The lowest BCUT2D eigenvalue weighted by molar-refractivity contribution is 0.148. The van der Waals surface area contributed by atoms with Gasteiger partial charge in [-0.2, -0.15) is 0 Å². The smallest absolute Gasteiger partial charge is 0.178 e. The number of hydrogen-bond donors (Lipinski definition) is 1. The van der Waals surface area contributed by atoms with E-state index in [0.29, 0.717) is 10.7 Å². The highest BCUT2D eigenvalue weighted by Gasteiger charge is 2.14. The number of nitrogens with zero attached hydrogens (tertiary/aromatic N) is 4. The van der Waals surface area contributed by atoms with Crippen LogP contribution >= 0.6 is 11.6 Å². The number of pyridine rings is 1. The minimum atomic E-state index is 0.611. The molecule has 0 radical (unpaired) electrons. The van der Waals surface area contributed by atoms with Crippen LogP contribution in [0.2, 0.25) is 5.02 Å². The first kappa shape index (κ1) is 15.6. The molecule has 124 valence electrons. The molecule has 1 fully saturated rings. The number of aromatic amines is 1. The van der Waals surface area contributed by atoms with E-state index in [4.69, 9.17) is 11.6 Å². The number of benzene rings is 1. The number of fused-ring (bicyclic) bond motifs is 1. The second-order valence-corrected chi connectivity index (χ2v) is 6.82. The first-order valence-corrected chi connectivity index (χ1v) is 8.57. The van der Waals surface area contributed by atoms with Gasteiger partial charge in [-0.15, -0.1) is 0 Å². The zero-order valence-corrected chi connectivity index (χ0v) is 14.4. The van der Waals surface area contributed by atoms with Crippen molar-refractivity contribution >= 4 is 22.8 Å². The summed E-state index contributed by atoms with van der Waals surface area (Å²) < 4.78 is 0. The molecule has 0 spiro atoms. The van der Waals surface area contributed by atoms with Crippen molar-refractivity contribution in [1.82, 2.24) is 24.8 Å². The molecule has 3 heterocycles. The van der Waals surface area contributed by atoms with Gasteiger partial charge in [-0.3, -0.25) is 4.90 Å². The number of H-pyrrole nitrogens is 1. The monoisotopic (exact) mass is 341 g/mol. The van der Waals surface area contributed by atoms with E-state index in [2.05, 4.69) is 56.1 Å². The normalized spacial score (nSPS) is 16.8. The van der Waals surface area contributed by atoms with E-state index in [1.165, 1.54) is 5.56 Å². The molecule has 1 saturated heterocycles. The Morgan fingerprint density at radius 2 is 1.88 bits per heavy atom. The average Bonchev–Trinajstić information content (AvgIpc) is 3.01. The lowest BCUT2D eigenvalue weighted by atomic mass is 10.1. The summed E-state index contributed by atoms with van der Waals surface area (Å²) in [5.74, 6) is 0.825. The van der Waals surface area contributed by atoms with E-state index >= 15 is 0 Å². The summed E-state index contributed by atoms with van der Waals surface area (Å²) >= 11 is 5.98. The topological polar surface area (TPSA) is 48.1 Å². The molecule has 1 aliphatic rings. The van der Waals surface area contributed by atoms with Crippen LogP contribution < -0.4 is 0 Å². The predicted octanol–water partition coefficient (Wildman–Crippen LogP) is 3.03. The van der Waals surface area contributed by atoms with Crippen molar-refractivity contribution in [2.24, 2.45) is 0 Å². The maximum atomic E-state index is 5.98. The van der Waals surface area contributed by atoms with Crippen LogP contribution in [-0.2, 0) is 6.54 Å². The molecule has 2 aromatic heterocycles. The van der Waals surface area contributed by atoms with Gasteiger partial charge in [0.05, 0.1) is 10.5 Å². The highest BCUT2D eigenvalue weighted by atomic mass is 35.5. The fourth-order valence-corrected chi connectivity index (χ4v) is 3.20. The van der Waals surface area contributed by atoms with Crippen molar-refractivity contribution in [3.05, 3.63) is 47.1 Å². The number of nitrogens with one attached hydrogen (secondary N) is 1. The quantitative estimate of drug-likeness (QED) is 0.795. The second-order valence-electron chi connectivity index (χ2n) is 6.39. The zero-order chi connectivity index (χ0) is 16.5.